The minimum absolute atomic E-state index is 0.00818. The van der Waals surface area contributed by atoms with Gasteiger partial charge >= 0.3 is 0 Å². The molecule has 0 spiro atoms. The Balaban J connectivity index is 1.47. The SMILES string of the molecule is Cc1nc(S(=O)(=O)NCCNc2ccc(Nc3ccncc3)nn2)cn1C. The first-order valence-corrected chi connectivity index (χ1v) is 9.67. The van der Waals surface area contributed by atoms with E-state index in [2.05, 4.69) is 35.5 Å². The zero-order valence-corrected chi connectivity index (χ0v) is 15.7. The second-order valence-electron chi connectivity index (χ2n) is 5.73. The number of aryl methyl sites for hydroxylation is 2. The molecule has 0 fully saturated rings. The lowest BCUT2D eigenvalue weighted by molar-refractivity contribution is 0.579. The van der Waals surface area contributed by atoms with E-state index in [1.807, 2.05) is 12.1 Å². The molecule has 27 heavy (non-hydrogen) atoms. The molecule has 3 N–H and O–H groups in total. The Bertz CT molecular complexity index is 968. The highest BCUT2D eigenvalue weighted by atomic mass is 32.2. The number of aromatic nitrogens is 5. The van der Waals surface area contributed by atoms with E-state index in [0.29, 0.717) is 24.0 Å². The van der Waals surface area contributed by atoms with Crippen molar-refractivity contribution in [3.63, 3.8) is 0 Å². The van der Waals surface area contributed by atoms with Gasteiger partial charge in [-0.25, -0.2) is 18.1 Å². The number of hydrogen-bond donors (Lipinski definition) is 3. The summed E-state index contributed by atoms with van der Waals surface area (Å²) < 4.78 is 28.5. The van der Waals surface area contributed by atoms with Crippen molar-refractivity contribution >= 4 is 27.3 Å². The number of pyridine rings is 1. The topological polar surface area (TPSA) is 127 Å². The number of rotatable bonds is 8. The van der Waals surface area contributed by atoms with Gasteiger partial charge < -0.3 is 15.2 Å². The molecule has 3 aromatic rings. The van der Waals surface area contributed by atoms with Crippen molar-refractivity contribution in [1.82, 2.24) is 29.5 Å². The van der Waals surface area contributed by atoms with Crippen LogP contribution in [0, 0.1) is 6.92 Å². The van der Waals surface area contributed by atoms with E-state index in [4.69, 9.17) is 0 Å². The average Bonchev–Trinajstić information content (AvgIpc) is 3.01. The monoisotopic (exact) mass is 388 g/mol. The minimum atomic E-state index is -3.63. The predicted molar refractivity (Wildman–Crippen MR) is 101 cm³/mol. The fourth-order valence-corrected chi connectivity index (χ4v) is 3.25. The molecule has 0 aromatic carbocycles. The number of sulfonamides is 1. The Morgan fingerprint density at radius 3 is 2.37 bits per heavy atom. The highest BCUT2D eigenvalue weighted by Gasteiger charge is 2.17. The summed E-state index contributed by atoms with van der Waals surface area (Å²) in [4.78, 5) is 7.97. The fourth-order valence-electron chi connectivity index (χ4n) is 2.18. The van der Waals surface area contributed by atoms with Crippen LogP contribution < -0.4 is 15.4 Å². The third-order valence-corrected chi connectivity index (χ3v) is 5.03. The van der Waals surface area contributed by atoms with E-state index in [1.165, 1.54) is 6.20 Å². The molecule has 0 saturated heterocycles. The van der Waals surface area contributed by atoms with Gasteiger partial charge in [-0.1, -0.05) is 0 Å². The maximum Gasteiger partial charge on any atom is 0.259 e. The van der Waals surface area contributed by atoms with Crippen LogP contribution in [0.25, 0.3) is 0 Å². The summed E-state index contributed by atoms with van der Waals surface area (Å²) in [6.07, 6.45) is 4.84. The molecule has 0 atom stereocenters. The van der Waals surface area contributed by atoms with Gasteiger partial charge in [0.2, 0.25) is 0 Å². The van der Waals surface area contributed by atoms with Crippen LogP contribution in [-0.4, -0.2) is 46.2 Å². The normalized spacial score (nSPS) is 11.3. The molecule has 0 aliphatic carbocycles. The van der Waals surface area contributed by atoms with Crippen LogP contribution in [0.2, 0.25) is 0 Å². The zero-order chi connectivity index (χ0) is 19.3. The lowest BCUT2D eigenvalue weighted by Gasteiger charge is -2.08. The highest BCUT2D eigenvalue weighted by Crippen LogP contribution is 2.13. The summed E-state index contributed by atoms with van der Waals surface area (Å²) in [6.45, 7) is 2.29. The molecule has 11 heteroatoms. The Morgan fingerprint density at radius 1 is 1.04 bits per heavy atom. The van der Waals surface area contributed by atoms with E-state index in [-0.39, 0.29) is 11.6 Å². The molecule has 142 valence electrons. The molecule has 0 radical (unpaired) electrons. The van der Waals surface area contributed by atoms with Crippen LogP contribution in [0.15, 0.2) is 47.9 Å². The predicted octanol–water partition coefficient (Wildman–Crippen LogP) is 1.05. The van der Waals surface area contributed by atoms with Crippen molar-refractivity contribution in [2.24, 2.45) is 7.05 Å². The maximum absolute atomic E-state index is 12.2. The number of anilines is 3. The molecular weight excluding hydrogens is 368 g/mol. The smallest absolute Gasteiger partial charge is 0.259 e. The van der Waals surface area contributed by atoms with Gasteiger partial charge in [-0.05, 0) is 31.2 Å². The molecule has 0 aliphatic heterocycles. The lowest BCUT2D eigenvalue weighted by atomic mass is 10.4. The minimum Gasteiger partial charge on any atom is -0.367 e. The average molecular weight is 388 g/mol. The van der Waals surface area contributed by atoms with Crippen molar-refractivity contribution in [3.8, 4) is 0 Å². The molecule has 10 nitrogen and oxygen atoms in total. The molecule has 0 bridgehead atoms. The second-order valence-corrected chi connectivity index (χ2v) is 7.44. The molecular formula is C16H20N8O2S. The van der Waals surface area contributed by atoms with Crippen LogP contribution in [-0.2, 0) is 17.1 Å². The van der Waals surface area contributed by atoms with E-state index >= 15 is 0 Å². The van der Waals surface area contributed by atoms with Crippen LogP contribution in [0.4, 0.5) is 17.3 Å². The molecule has 0 unspecified atom stereocenters. The van der Waals surface area contributed by atoms with Crippen LogP contribution in [0.5, 0.6) is 0 Å². The Morgan fingerprint density at radius 2 is 1.74 bits per heavy atom. The summed E-state index contributed by atoms with van der Waals surface area (Å²) >= 11 is 0. The van der Waals surface area contributed by atoms with Crippen molar-refractivity contribution < 1.29 is 8.42 Å². The van der Waals surface area contributed by atoms with Gasteiger partial charge in [-0.15, -0.1) is 10.2 Å². The van der Waals surface area contributed by atoms with E-state index in [1.54, 1.807) is 43.1 Å². The second kappa shape index (κ2) is 8.10. The van der Waals surface area contributed by atoms with E-state index < -0.39 is 10.0 Å². The van der Waals surface area contributed by atoms with Gasteiger partial charge in [0, 0.05) is 44.4 Å². The van der Waals surface area contributed by atoms with E-state index in [0.717, 1.165) is 5.69 Å². The van der Waals surface area contributed by atoms with Gasteiger partial charge in [0.25, 0.3) is 10.0 Å². The van der Waals surface area contributed by atoms with Gasteiger partial charge in [-0.3, -0.25) is 4.98 Å². The van der Waals surface area contributed by atoms with E-state index in [9.17, 15) is 8.42 Å². The first-order chi connectivity index (χ1) is 12.9. The van der Waals surface area contributed by atoms with Crippen molar-refractivity contribution in [3.05, 3.63) is 48.7 Å². The van der Waals surface area contributed by atoms with Crippen molar-refractivity contribution in [2.45, 2.75) is 11.9 Å². The molecule has 0 amide bonds. The largest absolute Gasteiger partial charge is 0.367 e. The molecule has 3 heterocycles. The van der Waals surface area contributed by atoms with Crippen LogP contribution >= 0.6 is 0 Å². The van der Waals surface area contributed by atoms with Gasteiger partial charge in [0.15, 0.2) is 10.8 Å². The zero-order valence-electron chi connectivity index (χ0n) is 14.9. The van der Waals surface area contributed by atoms with Crippen LogP contribution in [0.3, 0.4) is 0 Å². The summed E-state index contributed by atoms with van der Waals surface area (Å²) in [5.41, 5.74) is 0.860. The number of nitrogens with zero attached hydrogens (tertiary/aromatic N) is 5. The molecule has 3 aromatic heterocycles. The summed E-state index contributed by atoms with van der Waals surface area (Å²) in [5, 5.41) is 14.2. The standard InChI is InChI=1S/C16H20N8O2S/c1-12-20-16(11-24(12)2)27(25,26)19-10-9-18-14-3-4-15(23-22-14)21-13-5-7-17-8-6-13/h3-8,11,19H,9-10H2,1-2H3,(H,18,22)(H,17,21,23). The lowest BCUT2D eigenvalue weighted by Crippen LogP contribution is -2.29. The first-order valence-electron chi connectivity index (χ1n) is 8.18. The first kappa shape index (κ1) is 18.7. The molecule has 0 aliphatic rings. The quantitative estimate of drug-likeness (QED) is 0.489. The number of hydrogen-bond acceptors (Lipinski definition) is 8. The number of nitrogens with one attached hydrogen (secondary N) is 3. The summed E-state index contributed by atoms with van der Waals surface area (Å²) in [7, 11) is -1.89. The third kappa shape index (κ3) is 4.99. The third-order valence-electron chi connectivity index (χ3n) is 3.70. The Kier molecular flexibility index (Phi) is 5.62. The highest BCUT2D eigenvalue weighted by molar-refractivity contribution is 7.89. The summed E-state index contributed by atoms with van der Waals surface area (Å²) in [5.74, 6) is 1.77. The van der Waals surface area contributed by atoms with Gasteiger partial charge in [-0.2, -0.15) is 0 Å². The number of imidazole rings is 1. The molecule has 0 saturated carbocycles. The van der Waals surface area contributed by atoms with Crippen molar-refractivity contribution in [1.29, 1.82) is 0 Å². The van der Waals surface area contributed by atoms with Crippen LogP contribution in [0.1, 0.15) is 5.82 Å². The van der Waals surface area contributed by atoms with Crippen molar-refractivity contribution in [2.75, 3.05) is 23.7 Å². The maximum atomic E-state index is 12.2. The molecule has 3 rings (SSSR count). The van der Waals surface area contributed by atoms with Gasteiger partial charge in [0.1, 0.15) is 11.6 Å². The Hall–Kier alpha value is -3.05. The van der Waals surface area contributed by atoms with Gasteiger partial charge in [0.05, 0.1) is 0 Å². The summed E-state index contributed by atoms with van der Waals surface area (Å²) in [6, 6.07) is 7.18. The fraction of sp³-hybridized carbons (Fsp3) is 0.250. The Labute approximate surface area is 157 Å².